The van der Waals surface area contributed by atoms with Crippen LogP contribution in [0.4, 0.5) is 14.5 Å². The molecule has 0 saturated carbocycles. The largest absolute Gasteiger partial charge is 0.451 e. The second kappa shape index (κ2) is 8.74. The lowest BCUT2D eigenvalue weighted by molar-refractivity contribution is 0.0683. The maximum absolute atomic E-state index is 13.4. The Labute approximate surface area is 191 Å². The Bertz CT molecular complexity index is 1310. The van der Waals surface area contributed by atoms with Crippen molar-refractivity contribution in [3.8, 4) is 0 Å². The number of carbonyl (C=O) groups excluding carboxylic acids is 2. The monoisotopic (exact) mass is 467 g/mol. The molecular formula is C24H19F2N3O3S. The van der Waals surface area contributed by atoms with Gasteiger partial charge in [0.2, 0.25) is 0 Å². The fourth-order valence-electron chi connectivity index (χ4n) is 3.92. The van der Waals surface area contributed by atoms with Crippen LogP contribution in [0.25, 0.3) is 11.0 Å². The average molecular weight is 467 g/mol. The van der Waals surface area contributed by atoms with E-state index in [1.54, 1.807) is 16.3 Å². The van der Waals surface area contributed by atoms with E-state index in [-0.39, 0.29) is 23.2 Å². The van der Waals surface area contributed by atoms with Crippen LogP contribution >= 0.6 is 11.3 Å². The third kappa shape index (κ3) is 4.36. The van der Waals surface area contributed by atoms with Gasteiger partial charge < -0.3 is 14.6 Å². The summed E-state index contributed by atoms with van der Waals surface area (Å²) in [6.45, 7) is 1.13. The molecule has 1 aliphatic heterocycles. The zero-order valence-electron chi connectivity index (χ0n) is 17.4. The van der Waals surface area contributed by atoms with Gasteiger partial charge in [-0.25, -0.2) is 13.8 Å². The highest BCUT2D eigenvalue weighted by Gasteiger charge is 2.28. The number of nitrogens with zero attached hydrogens (tertiary/aromatic N) is 2. The average Bonchev–Trinajstić information content (AvgIpc) is 3.49. The number of likely N-dealkylation sites (tertiary alicyclic amines) is 1. The van der Waals surface area contributed by atoms with Crippen molar-refractivity contribution in [3.05, 3.63) is 82.0 Å². The minimum atomic E-state index is -1.03. The number of rotatable bonds is 4. The molecule has 2 amide bonds. The molecule has 1 aliphatic rings. The van der Waals surface area contributed by atoms with E-state index in [0.29, 0.717) is 24.4 Å². The lowest BCUT2D eigenvalue weighted by Gasteiger charge is -2.30. The van der Waals surface area contributed by atoms with Crippen molar-refractivity contribution in [2.75, 3.05) is 18.4 Å². The highest BCUT2D eigenvalue weighted by atomic mass is 32.1. The summed E-state index contributed by atoms with van der Waals surface area (Å²) in [6.07, 6.45) is 1.45. The molecule has 33 heavy (non-hydrogen) atoms. The first-order chi connectivity index (χ1) is 16.0. The Balaban J connectivity index is 1.20. The van der Waals surface area contributed by atoms with E-state index in [0.717, 1.165) is 35.4 Å². The first kappa shape index (κ1) is 21.3. The van der Waals surface area contributed by atoms with Gasteiger partial charge in [-0.05, 0) is 37.1 Å². The maximum atomic E-state index is 13.4. The van der Waals surface area contributed by atoms with Crippen LogP contribution in [0.2, 0.25) is 0 Å². The number of hydrogen-bond acceptors (Lipinski definition) is 5. The minimum absolute atomic E-state index is 0.129. The highest BCUT2D eigenvalue weighted by molar-refractivity contribution is 7.10. The second-order valence-electron chi connectivity index (χ2n) is 7.87. The third-order valence-corrected chi connectivity index (χ3v) is 6.71. The summed E-state index contributed by atoms with van der Waals surface area (Å²) < 4.78 is 32.1. The fourth-order valence-corrected chi connectivity index (χ4v) is 4.89. The molecule has 1 fully saturated rings. The summed E-state index contributed by atoms with van der Waals surface area (Å²) in [5, 5.41) is 5.89. The Morgan fingerprint density at radius 3 is 2.61 bits per heavy atom. The van der Waals surface area contributed by atoms with Crippen molar-refractivity contribution in [2.45, 2.75) is 18.8 Å². The fraction of sp³-hybridized carbons (Fsp3) is 0.208. The third-order valence-electron chi connectivity index (χ3n) is 5.70. The number of thiazole rings is 1. The quantitative estimate of drug-likeness (QED) is 0.434. The molecule has 0 atom stereocenters. The summed E-state index contributed by atoms with van der Waals surface area (Å²) >= 11 is 1.38. The smallest absolute Gasteiger partial charge is 0.289 e. The lowest BCUT2D eigenvalue weighted by atomic mass is 9.97. The topological polar surface area (TPSA) is 75.4 Å². The van der Waals surface area contributed by atoms with E-state index in [1.807, 2.05) is 24.3 Å². The normalized spacial score (nSPS) is 14.5. The molecule has 6 nitrogen and oxygen atoms in total. The van der Waals surface area contributed by atoms with E-state index in [4.69, 9.17) is 4.42 Å². The van der Waals surface area contributed by atoms with Crippen molar-refractivity contribution in [3.63, 3.8) is 0 Å². The SMILES string of the molecule is O=C(Nc1ccc(F)c(F)c1)c1csc(C2CCN(C(=O)c3cc4ccccc4o3)CC2)n1. The summed E-state index contributed by atoms with van der Waals surface area (Å²) in [7, 11) is 0. The van der Waals surface area contributed by atoms with Crippen LogP contribution in [0.3, 0.4) is 0 Å². The molecule has 3 heterocycles. The second-order valence-corrected chi connectivity index (χ2v) is 8.76. The highest BCUT2D eigenvalue weighted by Crippen LogP contribution is 2.31. The van der Waals surface area contributed by atoms with Gasteiger partial charge >= 0.3 is 0 Å². The van der Waals surface area contributed by atoms with Gasteiger partial charge in [-0.1, -0.05) is 18.2 Å². The summed E-state index contributed by atoms with van der Waals surface area (Å²) in [4.78, 5) is 31.5. The molecule has 9 heteroatoms. The van der Waals surface area contributed by atoms with Gasteiger partial charge in [0.05, 0.1) is 5.01 Å². The number of aromatic nitrogens is 1. The molecule has 0 unspecified atom stereocenters. The summed E-state index contributed by atoms with van der Waals surface area (Å²) in [5.74, 6) is -2.15. The molecular weight excluding hydrogens is 448 g/mol. The van der Waals surface area contributed by atoms with E-state index in [1.165, 1.54) is 17.4 Å². The van der Waals surface area contributed by atoms with Crippen molar-refractivity contribution in [1.82, 2.24) is 9.88 Å². The van der Waals surface area contributed by atoms with Crippen molar-refractivity contribution >= 4 is 39.8 Å². The Morgan fingerprint density at radius 1 is 1.06 bits per heavy atom. The summed E-state index contributed by atoms with van der Waals surface area (Å²) in [6, 6.07) is 12.4. The summed E-state index contributed by atoms with van der Waals surface area (Å²) in [5.41, 5.74) is 1.07. The first-order valence-corrected chi connectivity index (χ1v) is 11.4. The molecule has 0 radical (unpaired) electrons. The van der Waals surface area contributed by atoms with Crippen LogP contribution < -0.4 is 5.32 Å². The molecule has 1 saturated heterocycles. The van der Waals surface area contributed by atoms with E-state index in [9.17, 15) is 18.4 Å². The Kier molecular flexibility index (Phi) is 5.63. The van der Waals surface area contributed by atoms with Gasteiger partial charge in [0.1, 0.15) is 11.3 Å². The van der Waals surface area contributed by atoms with Crippen LogP contribution in [-0.2, 0) is 0 Å². The van der Waals surface area contributed by atoms with E-state index >= 15 is 0 Å². The van der Waals surface area contributed by atoms with Crippen molar-refractivity contribution in [1.29, 1.82) is 0 Å². The van der Waals surface area contributed by atoms with E-state index < -0.39 is 17.5 Å². The molecule has 2 aromatic heterocycles. The van der Waals surface area contributed by atoms with Gasteiger partial charge in [0.25, 0.3) is 11.8 Å². The zero-order valence-corrected chi connectivity index (χ0v) is 18.2. The number of amides is 2. The standard InChI is InChI=1S/C24H19F2N3O3S/c25-17-6-5-16(12-18(17)26)27-22(30)19-13-33-23(28-19)14-7-9-29(10-8-14)24(31)21-11-15-3-1-2-4-20(15)32-21/h1-6,11-14H,7-10H2,(H,27,30). The number of halogens is 2. The zero-order chi connectivity index (χ0) is 22.9. The van der Waals surface area contributed by atoms with Crippen LogP contribution in [0.1, 0.15) is 44.8 Å². The maximum Gasteiger partial charge on any atom is 0.289 e. The molecule has 1 N–H and O–H groups in total. The molecule has 4 aromatic rings. The van der Waals surface area contributed by atoms with Crippen molar-refractivity contribution in [2.24, 2.45) is 0 Å². The number of anilines is 1. The van der Waals surface area contributed by atoms with Crippen LogP contribution in [0.15, 0.2) is 58.3 Å². The number of furan rings is 1. The van der Waals surface area contributed by atoms with Crippen LogP contribution in [0.5, 0.6) is 0 Å². The lowest BCUT2D eigenvalue weighted by Crippen LogP contribution is -2.37. The van der Waals surface area contributed by atoms with Gasteiger partial charge in [0, 0.05) is 41.5 Å². The Morgan fingerprint density at radius 2 is 1.85 bits per heavy atom. The number of hydrogen-bond donors (Lipinski definition) is 1. The predicted octanol–water partition coefficient (Wildman–Crippen LogP) is 5.44. The van der Waals surface area contributed by atoms with Crippen molar-refractivity contribution < 1.29 is 22.8 Å². The van der Waals surface area contributed by atoms with Gasteiger partial charge in [-0.2, -0.15) is 0 Å². The number of fused-ring (bicyclic) bond motifs is 1. The Hall–Kier alpha value is -3.59. The minimum Gasteiger partial charge on any atom is -0.451 e. The van der Waals surface area contributed by atoms with Crippen LogP contribution in [-0.4, -0.2) is 34.8 Å². The van der Waals surface area contributed by atoms with Gasteiger partial charge in [-0.3, -0.25) is 9.59 Å². The number of para-hydroxylation sites is 1. The molecule has 2 aromatic carbocycles. The molecule has 5 rings (SSSR count). The van der Waals surface area contributed by atoms with Crippen LogP contribution in [0, 0.1) is 11.6 Å². The number of piperidine rings is 1. The molecule has 0 aliphatic carbocycles. The van der Waals surface area contributed by atoms with Gasteiger partial charge in [-0.15, -0.1) is 11.3 Å². The molecule has 168 valence electrons. The van der Waals surface area contributed by atoms with Gasteiger partial charge in [0.15, 0.2) is 17.4 Å². The number of carbonyl (C=O) groups is 2. The first-order valence-electron chi connectivity index (χ1n) is 10.5. The molecule has 0 bridgehead atoms. The predicted molar refractivity (Wildman–Crippen MR) is 121 cm³/mol. The molecule has 0 spiro atoms. The number of nitrogens with one attached hydrogen (secondary N) is 1. The van der Waals surface area contributed by atoms with E-state index in [2.05, 4.69) is 10.3 Å². The number of benzene rings is 2.